The molecule has 0 unspecified atom stereocenters. The van der Waals surface area contributed by atoms with E-state index in [2.05, 4.69) is 32.0 Å². The molecule has 1 aliphatic rings. The average Bonchev–Trinajstić information content (AvgIpc) is 3.25. The average molecular weight is 431 g/mol. The van der Waals surface area contributed by atoms with Gasteiger partial charge in [-0.1, -0.05) is 47.7 Å². The van der Waals surface area contributed by atoms with Crippen molar-refractivity contribution in [2.45, 2.75) is 23.9 Å². The second-order valence-electron chi connectivity index (χ2n) is 7.34. The van der Waals surface area contributed by atoms with E-state index in [4.69, 9.17) is 4.98 Å². The van der Waals surface area contributed by atoms with Gasteiger partial charge in [-0.15, -0.1) is 11.3 Å². The fourth-order valence-corrected chi connectivity index (χ4v) is 5.84. The maximum atomic E-state index is 12.8. The van der Waals surface area contributed by atoms with E-state index < -0.39 is 0 Å². The van der Waals surface area contributed by atoms with Gasteiger partial charge in [0.15, 0.2) is 4.34 Å². The molecule has 0 aliphatic carbocycles. The Balaban J connectivity index is 1.41. The number of benzene rings is 3. The van der Waals surface area contributed by atoms with Crippen molar-refractivity contribution in [2.24, 2.45) is 0 Å². The quantitative estimate of drug-likeness (QED) is 0.294. The minimum Gasteiger partial charge on any atom is -0.268 e. The first-order valence-electron chi connectivity index (χ1n) is 9.58. The van der Waals surface area contributed by atoms with Gasteiger partial charge >= 0.3 is 0 Å². The van der Waals surface area contributed by atoms with Gasteiger partial charge in [-0.05, 0) is 55.3 Å². The van der Waals surface area contributed by atoms with E-state index in [1.807, 2.05) is 12.1 Å². The number of carbonyl (C=O) groups is 2. The SMILES string of the molecule is Cc1ccc(CSc2nc3ccc(N4C(=O)c5ccccc5C4=O)cc3s2)c(C)c1. The minimum absolute atomic E-state index is 0.274. The Kier molecular flexibility index (Phi) is 4.68. The number of thioether (sulfide) groups is 1. The number of fused-ring (bicyclic) bond motifs is 2. The van der Waals surface area contributed by atoms with Gasteiger partial charge in [-0.3, -0.25) is 9.59 Å². The maximum Gasteiger partial charge on any atom is 0.266 e. The molecular weight excluding hydrogens is 412 g/mol. The van der Waals surface area contributed by atoms with Gasteiger partial charge in [-0.2, -0.15) is 0 Å². The minimum atomic E-state index is -0.274. The zero-order valence-corrected chi connectivity index (χ0v) is 18.1. The molecule has 3 aromatic carbocycles. The first-order valence-corrected chi connectivity index (χ1v) is 11.4. The fraction of sp³-hybridized carbons (Fsp3) is 0.125. The molecular formula is C24H18N2O2S2. The van der Waals surface area contributed by atoms with Crippen LogP contribution in [0.5, 0.6) is 0 Å². The van der Waals surface area contributed by atoms with Gasteiger partial charge < -0.3 is 0 Å². The number of thiazole rings is 1. The van der Waals surface area contributed by atoms with Crippen molar-refractivity contribution in [3.63, 3.8) is 0 Å². The Morgan fingerprint density at radius 2 is 1.67 bits per heavy atom. The van der Waals surface area contributed by atoms with Crippen molar-refractivity contribution < 1.29 is 9.59 Å². The molecule has 0 spiro atoms. The Bertz CT molecular complexity index is 1290. The Morgan fingerprint density at radius 3 is 2.37 bits per heavy atom. The number of hydrogen-bond acceptors (Lipinski definition) is 5. The van der Waals surface area contributed by atoms with Crippen LogP contribution in [0.2, 0.25) is 0 Å². The molecule has 148 valence electrons. The van der Waals surface area contributed by atoms with E-state index in [1.165, 1.54) is 21.6 Å². The van der Waals surface area contributed by atoms with E-state index in [1.54, 1.807) is 53.4 Å². The lowest BCUT2D eigenvalue weighted by Crippen LogP contribution is -2.29. The highest BCUT2D eigenvalue weighted by atomic mass is 32.2. The third-order valence-corrected chi connectivity index (χ3v) is 7.46. The first kappa shape index (κ1) is 19.0. The molecule has 0 bridgehead atoms. The summed E-state index contributed by atoms with van der Waals surface area (Å²) in [7, 11) is 0. The molecule has 0 fully saturated rings. The predicted molar refractivity (Wildman–Crippen MR) is 123 cm³/mol. The summed E-state index contributed by atoms with van der Waals surface area (Å²) in [5.74, 6) is 0.310. The third kappa shape index (κ3) is 3.22. The van der Waals surface area contributed by atoms with Crippen molar-refractivity contribution in [3.8, 4) is 0 Å². The molecule has 4 aromatic rings. The number of rotatable bonds is 4. The van der Waals surface area contributed by atoms with Crippen LogP contribution in [0.15, 0.2) is 65.0 Å². The predicted octanol–water partition coefficient (Wildman–Crippen LogP) is 6.01. The molecule has 6 heteroatoms. The van der Waals surface area contributed by atoms with Gasteiger partial charge in [0.25, 0.3) is 11.8 Å². The van der Waals surface area contributed by atoms with Crippen molar-refractivity contribution in [2.75, 3.05) is 4.90 Å². The van der Waals surface area contributed by atoms with Crippen molar-refractivity contribution in [1.82, 2.24) is 4.98 Å². The van der Waals surface area contributed by atoms with Crippen LogP contribution < -0.4 is 4.90 Å². The van der Waals surface area contributed by atoms with Gasteiger partial charge in [-0.25, -0.2) is 9.88 Å². The monoisotopic (exact) mass is 430 g/mol. The van der Waals surface area contributed by atoms with Crippen LogP contribution in [0.25, 0.3) is 10.2 Å². The molecule has 0 saturated heterocycles. The van der Waals surface area contributed by atoms with E-state index in [0.717, 1.165) is 20.3 Å². The lowest BCUT2D eigenvalue weighted by molar-refractivity contribution is 0.0926. The van der Waals surface area contributed by atoms with Crippen LogP contribution in [0.1, 0.15) is 37.4 Å². The second kappa shape index (κ2) is 7.38. The molecule has 30 heavy (non-hydrogen) atoms. The molecule has 1 aromatic heterocycles. The first-order chi connectivity index (χ1) is 14.5. The fourth-order valence-electron chi connectivity index (χ4n) is 3.66. The van der Waals surface area contributed by atoms with Crippen LogP contribution in [-0.4, -0.2) is 16.8 Å². The lowest BCUT2D eigenvalue weighted by atomic mass is 10.1. The van der Waals surface area contributed by atoms with Crippen LogP contribution in [0, 0.1) is 13.8 Å². The van der Waals surface area contributed by atoms with Gasteiger partial charge in [0, 0.05) is 5.75 Å². The molecule has 0 N–H and O–H groups in total. The molecule has 0 radical (unpaired) electrons. The normalized spacial score (nSPS) is 13.3. The number of aryl methyl sites for hydroxylation is 2. The largest absolute Gasteiger partial charge is 0.268 e. The topological polar surface area (TPSA) is 50.3 Å². The van der Waals surface area contributed by atoms with Crippen molar-refractivity contribution >= 4 is 50.8 Å². The summed E-state index contributed by atoms with van der Waals surface area (Å²) >= 11 is 3.30. The molecule has 2 amide bonds. The summed E-state index contributed by atoms with van der Waals surface area (Å²) in [6.07, 6.45) is 0. The highest BCUT2D eigenvalue weighted by Gasteiger charge is 2.36. The number of carbonyl (C=O) groups excluding carboxylic acids is 2. The van der Waals surface area contributed by atoms with Crippen LogP contribution >= 0.6 is 23.1 Å². The number of imide groups is 1. The Morgan fingerprint density at radius 1 is 0.933 bits per heavy atom. The van der Waals surface area contributed by atoms with Gasteiger partial charge in [0.05, 0.1) is 27.0 Å². The number of anilines is 1. The molecule has 5 rings (SSSR count). The molecule has 0 saturated carbocycles. The van der Waals surface area contributed by atoms with E-state index >= 15 is 0 Å². The van der Waals surface area contributed by atoms with Crippen molar-refractivity contribution in [1.29, 1.82) is 0 Å². The van der Waals surface area contributed by atoms with E-state index in [-0.39, 0.29) is 11.8 Å². The number of amides is 2. The molecule has 0 atom stereocenters. The van der Waals surface area contributed by atoms with Crippen LogP contribution in [0.4, 0.5) is 5.69 Å². The second-order valence-corrected chi connectivity index (χ2v) is 9.59. The smallest absolute Gasteiger partial charge is 0.266 e. The summed E-state index contributed by atoms with van der Waals surface area (Å²) in [6.45, 7) is 4.24. The number of nitrogens with zero attached hydrogens (tertiary/aromatic N) is 2. The summed E-state index contributed by atoms with van der Waals surface area (Å²) in [6, 6.07) is 19.0. The van der Waals surface area contributed by atoms with E-state index in [9.17, 15) is 9.59 Å². The highest BCUT2D eigenvalue weighted by Crippen LogP contribution is 2.36. The summed E-state index contributed by atoms with van der Waals surface area (Å²) in [4.78, 5) is 31.5. The maximum absolute atomic E-state index is 12.8. The van der Waals surface area contributed by atoms with Crippen molar-refractivity contribution in [3.05, 3.63) is 88.5 Å². The number of hydrogen-bond donors (Lipinski definition) is 0. The zero-order chi connectivity index (χ0) is 20.8. The van der Waals surface area contributed by atoms with Crippen LogP contribution in [-0.2, 0) is 5.75 Å². The van der Waals surface area contributed by atoms with E-state index in [0.29, 0.717) is 16.8 Å². The van der Waals surface area contributed by atoms with Gasteiger partial charge in [0.2, 0.25) is 0 Å². The number of aromatic nitrogens is 1. The van der Waals surface area contributed by atoms with Crippen LogP contribution in [0.3, 0.4) is 0 Å². The zero-order valence-electron chi connectivity index (χ0n) is 16.5. The molecule has 4 nitrogen and oxygen atoms in total. The summed E-state index contributed by atoms with van der Waals surface area (Å²) in [5.41, 5.74) is 6.23. The Labute approximate surface area is 182 Å². The summed E-state index contributed by atoms with van der Waals surface area (Å²) < 4.78 is 1.94. The Hall–Kier alpha value is -2.96. The summed E-state index contributed by atoms with van der Waals surface area (Å²) in [5, 5.41) is 0. The third-order valence-electron chi connectivity index (χ3n) is 5.25. The lowest BCUT2D eigenvalue weighted by Gasteiger charge is -2.13. The molecule has 2 heterocycles. The standard InChI is InChI=1S/C24H18N2O2S2/c1-14-7-8-16(15(2)11-14)13-29-24-25-20-10-9-17(12-21(20)30-24)26-22(27)18-5-3-4-6-19(18)23(26)28/h3-12H,13H2,1-2H3. The van der Waals surface area contributed by atoms with Gasteiger partial charge in [0.1, 0.15) is 0 Å². The highest BCUT2D eigenvalue weighted by molar-refractivity contribution is 8.00. The molecule has 1 aliphatic heterocycles.